The number of nitrogens with one attached hydrogen (secondary N) is 3. The minimum atomic E-state index is -1.03. The van der Waals surface area contributed by atoms with Crippen LogP contribution in [-0.4, -0.2) is 86.6 Å². The van der Waals surface area contributed by atoms with Gasteiger partial charge in [-0.15, -0.1) is 11.3 Å². The number of thiophene rings is 1. The predicted octanol–water partition coefficient (Wildman–Crippen LogP) is 3.66. The Kier molecular flexibility index (Phi) is 11.8. The van der Waals surface area contributed by atoms with Crippen LogP contribution in [0.5, 0.6) is 0 Å². The third-order valence-corrected chi connectivity index (χ3v) is 7.46. The van der Waals surface area contributed by atoms with E-state index in [0.29, 0.717) is 23.9 Å². The van der Waals surface area contributed by atoms with Gasteiger partial charge in [-0.1, -0.05) is 23.7 Å². The number of aliphatic carboxylic acids is 1. The molecule has 11 nitrogen and oxygen atoms in total. The number of amidine groups is 2. The van der Waals surface area contributed by atoms with Crippen molar-refractivity contribution in [2.45, 2.75) is 33.2 Å². The fourth-order valence-electron chi connectivity index (χ4n) is 4.00. The smallest absolute Gasteiger partial charge is 0.329 e. The summed E-state index contributed by atoms with van der Waals surface area (Å²) in [5.41, 5.74) is 3.36. The Bertz CT molecular complexity index is 1260. The van der Waals surface area contributed by atoms with E-state index in [4.69, 9.17) is 46.7 Å². The lowest BCUT2D eigenvalue weighted by atomic mass is 9.99. The van der Waals surface area contributed by atoms with Gasteiger partial charge in [0.2, 0.25) is 5.91 Å². The van der Waals surface area contributed by atoms with Gasteiger partial charge in [0.1, 0.15) is 29.3 Å². The van der Waals surface area contributed by atoms with Crippen molar-refractivity contribution in [3.8, 4) is 0 Å². The summed E-state index contributed by atoms with van der Waals surface area (Å²) in [7, 11) is 0. The Morgan fingerprint density at radius 2 is 1.73 bits per heavy atom. The lowest BCUT2D eigenvalue weighted by molar-refractivity contribution is -0.142. The molecule has 0 spiro atoms. The summed E-state index contributed by atoms with van der Waals surface area (Å²) in [5, 5.41) is 30.0. The molecule has 0 radical (unpaired) electrons. The Morgan fingerprint density at radius 1 is 1.10 bits per heavy atom. The van der Waals surface area contributed by atoms with Crippen LogP contribution in [-0.2, 0) is 23.8 Å². The van der Waals surface area contributed by atoms with Crippen molar-refractivity contribution in [2.75, 3.05) is 51.1 Å². The first-order chi connectivity index (χ1) is 19.1. The number of hydrogen-bond acceptors (Lipinski definition) is 9. The Labute approximate surface area is 242 Å². The summed E-state index contributed by atoms with van der Waals surface area (Å²) in [4.78, 5) is 30.8. The first-order valence-electron chi connectivity index (χ1n) is 12.7. The van der Waals surface area contributed by atoms with Crippen molar-refractivity contribution in [3.05, 3.63) is 50.9 Å². The van der Waals surface area contributed by atoms with Gasteiger partial charge in [-0.25, -0.2) is 4.79 Å². The van der Waals surface area contributed by atoms with Crippen LogP contribution in [0.15, 0.2) is 29.3 Å². The van der Waals surface area contributed by atoms with Crippen LogP contribution in [0.2, 0.25) is 5.02 Å². The summed E-state index contributed by atoms with van der Waals surface area (Å²) in [6.07, 6.45) is -0.0634. The molecule has 0 unspecified atom stereocenters. The number of carbonyl (C=O) groups is 2. The summed E-state index contributed by atoms with van der Waals surface area (Å²) in [6.45, 7) is 6.88. The average Bonchev–Trinajstić information content (AvgIpc) is 3.11. The first-order valence-corrected chi connectivity index (χ1v) is 13.9. The van der Waals surface area contributed by atoms with Crippen LogP contribution >= 0.6 is 22.9 Å². The highest BCUT2D eigenvalue weighted by Gasteiger charge is 2.34. The van der Waals surface area contributed by atoms with Crippen LogP contribution in [0, 0.1) is 24.7 Å². The van der Waals surface area contributed by atoms with Crippen molar-refractivity contribution in [1.82, 2.24) is 5.32 Å². The molecule has 216 valence electrons. The maximum absolute atomic E-state index is 12.8. The number of carboxylic acid groups (broad SMARTS) is 1. The zero-order valence-corrected chi connectivity index (χ0v) is 24.3. The van der Waals surface area contributed by atoms with E-state index >= 15 is 0 Å². The molecular weight excluding hydrogens is 558 g/mol. The number of aliphatic imine (C=N–C) groups is 1. The number of rotatable bonds is 14. The van der Waals surface area contributed by atoms with E-state index in [2.05, 4.69) is 5.32 Å². The molecule has 1 aromatic carbocycles. The van der Waals surface area contributed by atoms with Crippen molar-refractivity contribution in [3.63, 3.8) is 0 Å². The predicted molar refractivity (Wildman–Crippen MR) is 156 cm³/mol. The molecule has 40 heavy (non-hydrogen) atoms. The molecular formula is C27H34ClN5O6S. The quantitative estimate of drug-likeness (QED) is 0.148. The number of aryl methyl sites for hydroxylation is 1. The standard InChI is InChI=1S/C27H34ClN5O6S/c1-16-17(2)40-27-24(16)25(19-4-6-20(28)7-5-19)32-21(26(30)33(27)18(3)29)14-22(34)31-8-9-37-10-11-38-12-13-39-15-23(35)36/h4-7,21,29-30H,8-15H2,1-3H3,(H,31,34)(H,35,36)/t21-/m0/s1. The Balaban J connectivity index is 1.62. The average molecular weight is 592 g/mol. The molecule has 13 heteroatoms. The van der Waals surface area contributed by atoms with E-state index in [1.165, 1.54) is 11.3 Å². The van der Waals surface area contributed by atoms with E-state index in [1.54, 1.807) is 24.0 Å². The van der Waals surface area contributed by atoms with E-state index in [-0.39, 0.29) is 57.0 Å². The molecule has 3 rings (SSSR count). The van der Waals surface area contributed by atoms with Gasteiger partial charge in [-0.05, 0) is 38.5 Å². The third-order valence-electron chi connectivity index (χ3n) is 6.02. The van der Waals surface area contributed by atoms with Crippen molar-refractivity contribution >= 4 is 57.2 Å². The number of ether oxygens (including phenoxy) is 3. The van der Waals surface area contributed by atoms with Gasteiger partial charge in [-0.2, -0.15) is 0 Å². The molecule has 0 aliphatic carbocycles. The zero-order chi connectivity index (χ0) is 29.2. The van der Waals surface area contributed by atoms with Gasteiger partial charge in [-0.3, -0.25) is 25.5 Å². The van der Waals surface area contributed by atoms with Crippen LogP contribution in [0.4, 0.5) is 5.00 Å². The highest BCUT2D eigenvalue weighted by atomic mass is 35.5. The molecule has 0 saturated heterocycles. The third kappa shape index (κ3) is 8.42. The minimum Gasteiger partial charge on any atom is -0.480 e. The Hall–Kier alpha value is -3.16. The number of carbonyl (C=O) groups excluding carboxylic acids is 1. The fraction of sp³-hybridized carbons (Fsp3) is 0.444. The molecule has 2 heterocycles. The molecule has 1 aliphatic rings. The van der Waals surface area contributed by atoms with Crippen LogP contribution in [0.3, 0.4) is 0 Å². The maximum Gasteiger partial charge on any atom is 0.329 e. The molecule has 0 saturated carbocycles. The highest BCUT2D eigenvalue weighted by Crippen LogP contribution is 2.40. The van der Waals surface area contributed by atoms with Crippen molar-refractivity contribution in [2.24, 2.45) is 4.99 Å². The number of benzene rings is 1. The van der Waals surface area contributed by atoms with E-state index in [0.717, 1.165) is 26.6 Å². The summed E-state index contributed by atoms with van der Waals surface area (Å²) < 4.78 is 15.6. The molecule has 1 atom stereocenters. The normalized spacial score (nSPS) is 14.9. The Morgan fingerprint density at radius 3 is 2.35 bits per heavy atom. The second kappa shape index (κ2) is 15.0. The summed E-state index contributed by atoms with van der Waals surface area (Å²) >= 11 is 7.63. The monoisotopic (exact) mass is 591 g/mol. The second-order valence-corrected chi connectivity index (χ2v) is 10.6. The largest absolute Gasteiger partial charge is 0.480 e. The molecule has 1 aliphatic heterocycles. The highest BCUT2D eigenvalue weighted by molar-refractivity contribution is 7.17. The van der Waals surface area contributed by atoms with Gasteiger partial charge >= 0.3 is 5.97 Å². The van der Waals surface area contributed by atoms with E-state index in [1.807, 2.05) is 26.0 Å². The van der Waals surface area contributed by atoms with Crippen molar-refractivity contribution < 1.29 is 28.9 Å². The lowest BCUT2D eigenvalue weighted by Crippen LogP contribution is -2.42. The first kappa shape index (κ1) is 31.4. The molecule has 2 aromatic rings. The van der Waals surface area contributed by atoms with Gasteiger partial charge in [0.05, 0.1) is 45.2 Å². The lowest BCUT2D eigenvalue weighted by Gasteiger charge is -2.24. The number of halogens is 1. The SMILES string of the molecule is CC(=N)N1C(=N)[C@H](CC(=O)NCCOCCOCCOCC(=O)O)N=C(c2ccc(Cl)cc2)c2c1sc(C)c2C. The van der Waals surface area contributed by atoms with E-state index in [9.17, 15) is 9.59 Å². The second-order valence-electron chi connectivity index (χ2n) is 9.00. The topological polar surface area (TPSA) is 157 Å². The number of amides is 1. The number of nitrogens with zero attached hydrogens (tertiary/aromatic N) is 2. The number of hydrogen-bond donors (Lipinski definition) is 4. The van der Waals surface area contributed by atoms with Crippen LogP contribution in [0.1, 0.15) is 34.9 Å². The maximum atomic E-state index is 12.8. The molecule has 4 N–H and O–H groups in total. The molecule has 0 bridgehead atoms. The fourth-order valence-corrected chi connectivity index (χ4v) is 5.35. The minimum absolute atomic E-state index is 0.0634. The van der Waals surface area contributed by atoms with Gasteiger partial charge in [0.25, 0.3) is 0 Å². The number of fused-ring (bicyclic) bond motifs is 1. The number of anilines is 1. The van der Waals surface area contributed by atoms with Gasteiger partial charge in [0.15, 0.2) is 0 Å². The summed E-state index contributed by atoms with van der Waals surface area (Å²) in [6, 6.07) is 6.50. The van der Waals surface area contributed by atoms with Gasteiger partial charge in [0, 0.05) is 27.6 Å². The number of carboxylic acids is 1. The molecule has 0 fully saturated rings. The van der Waals surface area contributed by atoms with Crippen LogP contribution < -0.4 is 10.2 Å². The van der Waals surface area contributed by atoms with Crippen molar-refractivity contribution in [1.29, 1.82) is 10.8 Å². The van der Waals surface area contributed by atoms with Crippen LogP contribution in [0.25, 0.3) is 0 Å². The summed E-state index contributed by atoms with van der Waals surface area (Å²) in [5.74, 6) is -1.08. The molecule has 1 amide bonds. The van der Waals surface area contributed by atoms with Gasteiger partial charge < -0.3 is 24.6 Å². The van der Waals surface area contributed by atoms with E-state index < -0.39 is 12.0 Å². The zero-order valence-electron chi connectivity index (χ0n) is 22.7. The molecule has 1 aromatic heterocycles.